The highest BCUT2D eigenvalue weighted by molar-refractivity contribution is 9.10. The van der Waals surface area contributed by atoms with Gasteiger partial charge in [-0.05, 0) is 29.8 Å². The van der Waals surface area contributed by atoms with Crippen molar-refractivity contribution >= 4 is 39.1 Å². The Labute approximate surface area is 141 Å². The fraction of sp³-hybridized carbons (Fsp3) is 0.125. The fourth-order valence-corrected chi connectivity index (χ4v) is 2.90. The molecule has 1 N–H and O–H groups in total. The van der Waals surface area contributed by atoms with Crippen LogP contribution in [0.3, 0.4) is 0 Å². The molecule has 0 aliphatic heterocycles. The minimum absolute atomic E-state index is 0.0811. The highest BCUT2D eigenvalue weighted by atomic mass is 79.9. The molecule has 4 nitrogen and oxygen atoms in total. The Hall–Kier alpha value is -1.85. The molecule has 6 heteroatoms. The molecular formula is C16H13BrClN3O. The summed E-state index contributed by atoms with van der Waals surface area (Å²) in [5, 5.41) is 3.49. The number of fused-ring (bicyclic) bond motifs is 1. The zero-order valence-electron chi connectivity index (χ0n) is 11.6. The first-order valence-corrected chi connectivity index (χ1v) is 7.92. The molecule has 2 heterocycles. The van der Waals surface area contributed by atoms with E-state index in [-0.39, 0.29) is 12.3 Å². The maximum Gasteiger partial charge on any atom is 0.226 e. The molecule has 0 aliphatic carbocycles. The summed E-state index contributed by atoms with van der Waals surface area (Å²) < 4.78 is 2.81. The Morgan fingerprint density at radius 1 is 1.32 bits per heavy atom. The van der Waals surface area contributed by atoms with Crippen LogP contribution in [0.5, 0.6) is 0 Å². The Bertz CT molecular complexity index is 798. The van der Waals surface area contributed by atoms with Crippen LogP contribution in [0, 0.1) is 0 Å². The van der Waals surface area contributed by atoms with Crippen molar-refractivity contribution in [1.82, 2.24) is 14.7 Å². The molecule has 112 valence electrons. The van der Waals surface area contributed by atoms with Crippen molar-refractivity contribution in [3.8, 4) is 0 Å². The summed E-state index contributed by atoms with van der Waals surface area (Å²) in [6.45, 7) is 0.401. The van der Waals surface area contributed by atoms with E-state index in [1.54, 1.807) is 0 Å². The summed E-state index contributed by atoms with van der Waals surface area (Å²) >= 11 is 9.48. The summed E-state index contributed by atoms with van der Waals surface area (Å²) in [5.74, 6) is -0.0811. The monoisotopic (exact) mass is 377 g/mol. The largest absolute Gasteiger partial charge is 0.352 e. The lowest BCUT2D eigenvalue weighted by Crippen LogP contribution is -2.24. The van der Waals surface area contributed by atoms with Gasteiger partial charge < -0.3 is 9.72 Å². The third-order valence-corrected chi connectivity index (χ3v) is 4.09. The number of pyridine rings is 1. The highest BCUT2D eigenvalue weighted by Gasteiger charge is 2.08. The lowest BCUT2D eigenvalue weighted by Gasteiger charge is -2.06. The van der Waals surface area contributed by atoms with Crippen LogP contribution in [0.2, 0.25) is 5.02 Å². The van der Waals surface area contributed by atoms with Gasteiger partial charge in [0.1, 0.15) is 5.65 Å². The van der Waals surface area contributed by atoms with Gasteiger partial charge in [0.25, 0.3) is 0 Å². The van der Waals surface area contributed by atoms with Crippen LogP contribution in [0.15, 0.2) is 53.3 Å². The van der Waals surface area contributed by atoms with Gasteiger partial charge >= 0.3 is 0 Å². The predicted octanol–water partition coefficient (Wildman–Crippen LogP) is 3.61. The average molecular weight is 379 g/mol. The van der Waals surface area contributed by atoms with Gasteiger partial charge in [-0.25, -0.2) is 4.98 Å². The summed E-state index contributed by atoms with van der Waals surface area (Å²) in [4.78, 5) is 16.4. The lowest BCUT2D eigenvalue weighted by atomic mass is 10.2. The number of rotatable bonds is 4. The Morgan fingerprint density at radius 3 is 2.95 bits per heavy atom. The van der Waals surface area contributed by atoms with Crippen LogP contribution >= 0.6 is 27.5 Å². The molecule has 1 aromatic carbocycles. The first-order valence-electron chi connectivity index (χ1n) is 6.75. The summed E-state index contributed by atoms with van der Waals surface area (Å²) in [6, 6.07) is 11.3. The van der Waals surface area contributed by atoms with Crippen molar-refractivity contribution in [2.75, 3.05) is 0 Å². The third kappa shape index (κ3) is 3.48. The van der Waals surface area contributed by atoms with E-state index < -0.39 is 0 Å². The molecule has 3 rings (SSSR count). The van der Waals surface area contributed by atoms with E-state index in [1.165, 1.54) is 0 Å². The van der Waals surface area contributed by atoms with Gasteiger partial charge in [-0.15, -0.1) is 0 Å². The topological polar surface area (TPSA) is 46.4 Å². The second-order valence-electron chi connectivity index (χ2n) is 4.89. The van der Waals surface area contributed by atoms with E-state index in [9.17, 15) is 4.79 Å². The Morgan fingerprint density at radius 2 is 2.18 bits per heavy atom. The molecule has 1 amide bonds. The normalized spacial score (nSPS) is 10.8. The predicted molar refractivity (Wildman–Crippen MR) is 89.9 cm³/mol. The van der Waals surface area contributed by atoms with Crippen molar-refractivity contribution in [2.45, 2.75) is 13.0 Å². The summed E-state index contributed by atoms with van der Waals surface area (Å²) in [7, 11) is 0. The zero-order chi connectivity index (χ0) is 15.5. The SMILES string of the molecule is O=C(Cc1cn2ccccc2n1)NCc1ccc(Br)cc1Cl. The second-order valence-corrected chi connectivity index (χ2v) is 6.21. The van der Waals surface area contributed by atoms with Crippen molar-refractivity contribution in [3.05, 3.63) is 69.5 Å². The van der Waals surface area contributed by atoms with Gasteiger partial charge in [0, 0.05) is 28.4 Å². The van der Waals surface area contributed by atoms with Crippen molar-refractivity contribution in [2.24, 2.45) is 0 Å². The van der Waals surface area contributed by atoms with Crippen molar-refractivity contribution in [3.63, 3.8) is 0 Å². The molecule has 0 aliphatic rings. The zero-order valence-corrected chi connectivity index (χ0v) is 13.9. The molecule has 0 bridgehead atoms. The minimum Gasteiger partial charge on any atom is -0.352 e. The van der Waals surface area contributed by atoms with Gasteiger partial charge in [-0.3, -0.25) is 4.79 Å². The summed E-state index contributed by atoms with van der Waals surface area (Å²) in [6.07, 6.45) is 4.02. The highest BCUT2D eigenvalue weighted by Crippen LogP contribution is 2.21. The molecule has 2 aromatic heterocycles. The van der Waals surface area contributed by atoms with E-state index in [0.717, 1.165) is 21.4 Å². The Balaban J connectivity index is 1.62. The number of hydrogen-bond donors (Lipinski definition) is 1. The number of imidazole rings is 1. The molecule has 3 aromatic rings. The van der Waals surface area contributed by atoms with Crippen LogP contribution in [0.1, 0.15) is 11.3 Å². The second kappa shape index (κ2) is 6.50. The Kier molecular flexibility index (Phi) is 4.45. The van der Waals surface area contributed by atoms with Crippen LogP contribution in [0.25, 0.3) is 5.65 Å². The number of benzene rings is 1. The minimum atomic E-state index is -0.0811. The molecule has 0 fully saturated rings. The standard InChI is InChI=1S/C16H13BrClN3O/c17-12-5-4-11(14(18)7-12)9-19-16(22)8-13-10-21-6-2-1-3-15(21)20-13/h1-7,10H,8-9H2,(H,19,22). The molecule has 22 heavy (non-hydrogen) atoms. The molecule has 0 saturated carbocycles. The van der Waals surface area contributed by atoms with Gasteiger partial charge in [-0.1, -0.05) is 39.7 Å². The average Bonchev–Trinajstić information content (AvgIpc) is 2.88. The number of carbonyl (C=O) groups is 1. The fourth-order valence-electron chi connectivity index (χ4n) is 2.16. The van der Waals surface area contributed by atoms with Crippen LogP contribution in [-0.4, -0.2) is 15.3 Å². The maximum atomic E-state index is 12.0. The van der Waals surface area contributed by atoms with Crippen LogP contribution in [-0.2, 0) is 17.8 Å². The third-order valence-electron chi connectivity index (χ3n) is 3.25. The lowest BCUT2D eigenvalue weighted by molar-refractivity contribution is -0.120. The maximum absolute atomic E-state index is 12.0. The smallest absolute Gasteiger partial charge is 0.226 e. The van der Waals surface area contributed by atoms with Gasteiger partial charge in [0.05, 0.1) is 12.1 Å². The van der Waals surface area contributed by atoms with E-state index in [2.05, 4.69) is 26.2 Å². The van der Waals surface area contributed by atoms with Gasteiger partial charge in [0.2, 0.25) is 5.91 Å². The number of carbonyl (C=O) groups excluding carboxylic acids is 1. The number of hydrogen-bond acceptors (Lipinski definition) is 2. The van der Waals surface area contributed by atoms with Crippen molar-refractivity contribution < 1.29 is 4.79 Å². The van der Waals surface area contributed by atoms with E-state index >= 15 is 0 Å². The van der Waals surface area contributed by atoms with Gasteiger partial charge in [-0.2, -0.15) is 0 Å². The molecule has 0 radical (unpaired) electrons. The van der Waals surface area contributed by atoms with Gasteiger partial charge in [0.15, 0.2) is 0 Å². The van der Waals surface area contributed by atoms with Crippen molar-refractivity contribution in [1.29, 1.82) is 0 Å². The number of aromatic nitrogens is 2. The molecule has 0 atom stereocenters. The van der Waals surface area contributed by atoms with E-state index in [1.807, 2.05) is 53.2 Å². The number of nitrogens with zero attached hydrogens (tertiary/aromatic N) is 2. The van der Waals surface area contributed by atoms with Crippen LogP contribution < -0.4 is 5.32 Å². The number of nitrogens with one attached hydrogen (secondary N) is 1. The number of halogens is 2. The van der Waals surface area contributed by atoms with E-state index in [0.29, 0.717) is 11.6 Å². The first kappa shape index (κ1) is 15.1. The summed E-state index contributed by atoms with van der Waals surface area (Å²) in [5.41, 5.74) is 2.46. The van der Waals surface area contributed by atoms with Crippen LogP contribution in [0.4, 0.5) is 0 Å². The molecule has 0 saturated heterocycles. The molecule has 0 unspecified atom stereocenters. The number of amides is 1. The first-order chi connectivity index (χ1) is 10.6. The molecular weight excluding hydrogens is 366 g/mol. The van der Waals surface area contributed by atoms with E-state index in [4.69, 9.17) is 11.6 Å². The molecule has 0 spiro atoms. The quantitative estimate of drug-likeness (QED) is 0.754.